The summed E-state index contributed by atoms with van der Waals surface area (Å²) in [5.41, 5.74) is 23.3. The van der Waals surface area contributed by atoms with E-state index >= 15 is 0 Å². The van der Waals surface area contributed by atoms with Gasteiger partial charge in [0.15, 0.2) is 0 Å². The van der Waals surface area contributed by atoms with E-state index in [0.29, 0.717) is 34.5 Å². The van der Waals surface area contributed by atoms with Gasteiger partial charge in [-0.15, -0.1) is 107 Å². The quantitative estimate of drug-likeness (QED) is 0.0757. The van der Waals surface area contributed by atoms with E-state index in [4.69, 9.17) is 24.3 Å². The minimum atomic E-state index is 0. The number of hydrogen-bond donors (Lipinski definition) is 0. The maximum absolute atomic E-state index is 6.35. The van der Waals surface area contributed by atoms with Crippen molar-refractivity contribution in [3.8, 4) is 103 Å². The predicted octanol–water partition coefficient (Wildman–Crippen LogP) is 29.0. The van der Waals surface area contributed by atoms with Crippen molar-refractivity contribution in [2.45, 2.75) is 13.8 Å². The standard InChI is InChI=1S/C44H27N5O.C43H26N6O.C36H26N4O.3Pt/c1-4-15-40-36(12-1)37-13-2-5-16-41(37)48(40)32-21-19-30(20-22-32)31-28-46-47(29-31)33-10-9-11-34(26-33)50-35-23-24-39-38-14-3-6-17-42(38)49(43(39)27-35)44-18-7-8-25-45-44;1-4-15-40-35(11-1)37-22-21-34(26-41(37)49(40)42-16-5-6-23-44-42)50-33-10-7-9-32(25-33)47-28-30(27-46-47)29-17-19-31(20-18-29)48-39-14-3-2-12-36(39)38-13-8-24-45-43(38)48;1-25-31(20-18-27-11-4-3-5-12-27)26(2)40(38-25)28-13-10-14-29(23-28)41-30-19-21-33-32-15-6-7-16-34(32)39(35(33)24-30)36-17-8-9-22-37-36;;;/h1-25,28-29H;1-24,27-28H;3-22H,1-2H3;;;/q3*-2;3*+2/b;;20-18+;;;. The zero-order chi connectivity index (χ0) is 93.8. The molecule has 12 aromatic heterocycles. The van der Waals surface area contributed by atoms with Gasteiger partial charge in [0.1, 0.15) is 23.1 Å². The van der Waals surface area contributed by atoms with Gasteiger partial charge < -0.3 is 32.5 Å². The zero-order valence-electron chi connectivity index (χ0n) is 77.0. The van der Waals surface area contributed by atoms with E-state index in [-0.39, 0.29) is 63.2 Å². The van der Waals surface area contributed by atoms with Crippen molar-refractivity contribution in [3.05, 3.63) is 491 Å². The summed E-state index contributed by atoms with van der Waals surface area (Å²) >= 11 is 0. The molecule has 144 heavy (non-hydrogen) atoms. The van der Waals surface area contributed by atoms with Gasteiger partial charge in [-0.05, 0) is 173 Å². The Morgan fingerprint density at radius 2 is 0.597 bits per heavy atom. The predicted molar refractivity (Wildman–Crippen MR) is 562 cm³/mol. The van der Waals surface area contributed by atoms with Crippen LogP contribution in [0.25, 0.3) is 189 Å². The Bertz CT molecular complexity index is 8960. The van der Waals surface area contributed by atoms with Crippen LogP contribution in [0.4, 0.5) is 0 Å². The van der Waals surface area contributed by atoms with Crippen molar-refractivity contribution in [2.75, 3.05) is 0 Å². The fraction of sp³-hybridized carbons (Fsp3) is 0.0163. The van der Waals surface area contributed by atoms with Crippen LogP contribution in [0.5, 0.6) is 34.5 Å². The van der Waals surface area contributed by atoms with Crippen molar-refractivity contribution in [1.29, 1.82) is 0 Å². The Labute approximate surface area is 870 Å². The zero-order valence-corrected chi connectivity index (χ0v) is 83.8. The molecule has 0 aliphatic carbocycles. The minimum absolute atomic E-state index is 0. The van der Waals surface area contributed by atoms with Crippen LogP contribution in [-0.2, 0) is 63.2 Å². The molecule has 0 aliphatic heterocycles. The molecular formula is C123H79N15O3Pt3. The first kappa shape index (κ1) is 91.8. The fourth-order valence-corrected chi connectivity index (χ4v) is 19.2. The molecule has 0 spiro atoms. The fourth-order valence-electron chi connectivity index (χ4n) is 19.2. The van der Waals surface area contributed by atoms with E-state index in [1.807, 2.05) is 222 Å². The van der Waals surface area contributed by atoms with Gasteiger partial charge in [0.05, 0.1) is 34.6 Å². The molecule has 0 amide bonds. The minimum Gasteiger partial charge on any atom is -0.509 e. The van der Waals surface area contributed by atoms with Crippen molar-refractivity contribution in [2.24, 2.45) is 0 Å². The first-order valence-corrected chi connectivity index (χ1v) is 46.4. The summed E-state index contributed by atoms with van der Waals surface area (Å²) in [6.07, 6.45) is 19.3. The van der Waals surface area contributed by atoms with Gasteiger partial charge in [-0.25, -0.2) is 19.9 Å². The van der Waals surface area contributed by atoms with Crippen LogP contribution in [-0.4, -0.2) is 72.1 Å². The van der Waals surface area contributed by atoms with Gasteiger partial charge in [-0.2, -0.15) is 51.7 Å². The molecule has 0 radical (unpaired) electrons. The van der Waals surface area contributed by atoms with E-state index in [1.165, 1.54) is 27.2 Å². The maximum Gasteiger partial charge on any atom is 2.00 e. The molecule has 694 valence electrons. The van der Waals surface area contributed by atoms with Gasteiger partial charge >= 0.3 is 63.2 Å². The number of rotatable bonds is 18. The van der Waals surface area contributed by atoms with Crippen LogP contribution in [0.3, 0.4) is 0 Å². The van der Waals surface area contributed by atoms with Gasteiger partial charge in [0, 0.05) is 144 Å². The van der Waals surface area contributed by atoms with Crippen LogP contribution in [0.1, 0.15) is 22.5 Å². The molecular weight excluding hydrogens is 2320 g/mol. The summed E-state index contributed by atoms with van der Waals surface area (Å²) in [4.78, 5) is 18.6. The Morgan fingerprint density at radius 3 is 1.01 bits per heavy atom. The summed E-state index contributed by atoms with van der Waals surface area (Å²) in [7, 11) is 0. The molecule has 0 unspecified atom stereocenters. The number of benzene rings is 15. The normalized spacial score (nSPS) is 11.3. The molecule has 0 atom stereocenters. The third kappa shape index (κ3) is 17.4. The van der Waals surface area contributed by atoms with Crippen molar-refractivity contribution < 1.29 is 77.4 Å². The van der Waals surface area contributed by atoms with E-state index in [0.717, 1.165) is 173 Å². The van der Waals surface area contributed by atoms with Crippen LogP contribution in [0.15, 0.2) is 432 Å². The molecule has 21 heteroatoms. The number of pyridine rings is 4. The van der Waals surface area contributed by atoms with Gasteiger partial charge in [0.2, 0.25) is 0 Å². The second kappa shape index (κ2) is 39.8. The van der Waals surface area contributed by atoms with Gasteiger partial charge in [-0.3, -0.25) is 18.6 Å². The van der Waals surface area contributed by atoms with Crippen molar-refractivity contribution in [3.63, 3.8) is 0 Å². The Hall–Kier alpha value is -17.3. The van der Waals surface area contributed by atoms with Crippen LogP contribution in [0.2, 0.25) is 0 Å². The molecule has 0 fully saturated rings. The van der Waals surface area contributed by atoms with Crippen LogP contribution < -0.4 is 14.2 Å². The summed E-state index contributed by atoms with van der Waals surface area (Å²) in [6, 6.07) is 150. The van der Waals surface area contributed by atoms with Crippen molar-refractivity contribution >= 4 is 121 Å². The maximum atomic E-state index is 6.35. The molecule has 27 aromatic rings. The number of fused-ring (bicyclic) bond motifs is 15. The smallest absolute Gasteiger partial charge is 0.509 e. The van der Waals surface area contributed by atoms with E-state index in [1.54, 1.807) is 18.6 Å². The largest absolute Gasteiger partial charge is 2.00 e. The van der Waals surface area contributed by atoms with Gasteiger partial charge in [-0.1, -0.05) is 211 Å². The third-order valence-corrected chi connectivity index (χ3v) is 25.6. The van der Waals surface area contributed by atoms with Crippen LogP contribution in [0, 0.1) is 50.2 Å². The number of nitrogens with zero attached hydrogens (tertiary/aromatic N) is 15. The molecule has 0 N–H and O–H groups in total. The molecule has 18 nitrogen and oxygen atoms in total. The summed E-state index contributed by atoms with van der Waals surface area (Å²) in [5.74, 6) is 6.01. The Morgan fingerprint density at radius 1 is 0.257 bits per heavy atom. The molecule has 0 saturated carbocycles. The Kier molecular flexibility index (Phi) is 25.4. The van der Waals surface area contributed by atoms with E-state index in [2.05, 4.69) is 316 Å². The first-order chi connectivity index (χ1) is 69.7. The summed E-state index contributed by atoms with van der Waals surface area (Å²) in [5, 5.41) is 25.7. The number of aryl methyl sites for hydroxylation is 1. The number of para-hydroxylation sites is 6. The monoisotopic (exact) mass is 2400 g/mol. The second-order valence-corrected chi connectivity index (χ2v) is 34.2. The van der Waals surface area contributed by atoms with E-state index < -0.39 is 0 Å². The average Bonchev–Trinajstić information content (AvgIpc) is 1.62. The molecule has 0 bridgehead atoms. The Balaban J connectivity index is 0.000000123. The van der Waals surface area contributed by atoms with Crippen molar-refractivity contribution in [1.82, 2.24) is 72.1 Å². The first-order valence-electron chi connectivity index (χ1n) is 46.4. The number of hydrogen-bond acceptors (Lipinski definition) is 10. The number of ether oxygens (including phenoxy) is 3. The second-order valence-electron chi connectivity index (χ2n) is 34.2. The average molecular weight is 2400 g/mol. The molecule has 15 aromatic carbocycles. The van der Waals surface area contributed by atoms with Crippen LogP contribution >= 0.6 is 0 Å². The summed E-state index contributed by atoms with van der Waals surface area (Å²) < 4.78 is 35.5. The summed E-state index contributed by atoms with van der Waals surface area (Å²) in [6.45, 7) is 4.10. The third-order valence-electron chi connectivity index (χ3n) is 25.6. The molecule has 0 saturated heterocycles. The SMILES string of the molecule is Cc1nn(-c2[c-]c(Oc3[c-]c4c(cc3)c3ccccc3n4-c3ccccn3)ccc2)c(C)c1/C=C/c1ccccc1.[Pt+2].[Pt+2].[Pt+2].[c-]1c(Oc2[c-]c3c(cc2)c2ccccc2n3-c2ccccn2)cccc1-n1cc(-c2ccc(-n3c4ccccc4c4ccccc43)cc2)cn1.[c-]1c(Oc2[c-]c3c(cc2)c2ccccc2n3-c2ccccn2)cccc1-n1cc(-c2ccc(-n3c4ccccc4c4cccnc43)cc2)cn1. The number of aromatic nitrogens is 15. The van der Waals surface area contributed by atoms with E-state index in [9.17, 15) is 0 Å². The molecule has 12 heterocycles. The molecule has 27 rings (SSSR count). The van der Waals surface area contributed by atoms with Gasteiger partial charge in [0.25, 0.3) is 0 Å². The topological polar surface area (TPSA) is 157 Å². The molecule has 0 aliphatic rings.